The number of phenolic OH excluding ortho intramolecular Hbond substituents is 1. The van der Waals surface area contributed by atoms with E-state index in [-0.39, 0.29) is 5.75 Å². The number of aryl methyl sites for hydroxylation is 1. The highest BCUT2D eigenvalue weighted by atomic mass is 16.3. The van der Waals surface area contributed by atoms with Crippen LogP contribution in [0.1, 0.15) is 5.56 Å². The summed E-state index contributed by atoms with van der Waals surface area (Å²) in [7, 11) is 0. The highest BCUT2D eigenvalue weighted by Gasteiger charge is 2.11. The maximum Gasteiger partial charge on any atom is 0.140 e. The number of phenols is 1. The first-order valence-corrected chi connectivity index (χ1v) is 7.29. The first-order chi connectivity index (χ1) is 10.7. The van der Waals surface area contributed by atoms with Crippen LogP contribution < -0.4 is 5.43 Å². The van der Waals surface area contributed by atoms with Crippen LogP contribution in [0.4, 0.5) is 5.69 Å². The second kappa shape index (κ2) is 4.81. The van der Waals surface area contributed by atoms with E-state index in [2.05, 4.69) is 29.7 Å². The Morgan fingerprint density at radius 3 is 2.05 bits per heavy atom. The minimum Gasteiger partial charge on any atom is -0.506 e. The van der Waals surface area contributed by atoms with Crippen LogP contribution in [-0.2, 0) is 0 Å². The van der Waals surface area contributed by atoms with Crippen LogP contribution in [0, 0.1) is 6.92 Å². The molecule has 0 atom stereocenters. The number of rotatable bonds is 2. The van der Waals surface area contributed by atoms with Gasteiger partial charge in [0, 0.05) is 10.8 Å². The number of fused-ring (bicyclic) bond motifs is 3. The molecule has 0 saturated carbocycles. The third-order valence-corrected chi connectivity index (χ3v) is 3.96. The molecule has 2 N–H and O–H groups in total. The Bertz CT molecular complexity index is 932. The normalized spacial score (nSPS) is 11.1. The lowest BCUT2D eigenvalue weighted by Crippen LogP contribution is -2.08. The monoisotopic (exact) mass is 288 g/mol. The molecule has 0 aliphatic heterocycles. The van der Waals surface area contributed by atoms with Gasteiger partial charge in [-0.3, -0.25) is 10.1 Å². The maximum atomic E-state index is 10.1. The number of aromatic nitrogens is 1. The summed E-state index contributed by atoms with van der Waals surface area (Å²) in [6.07, 6.45) is 0. The molecule has 1 heterocycles. The van der Waals surface area contributed by atoms with Crippen LogP contribution in [-0.4, -0.2) is 9.78 Å². The molecule has 3 heteroatoms. The molecule has 0 aliphatic rings. The molecule has 22 heavy (non-hydrogen) atoms. The van der Waals surface area contributed by atoms with E-state index in [1.165, 1.54) is 10.8 Å². The zero-order valence-corrected chi connectivity index (χ0v) is 12.2. The number of aromatic hydroxyl groups is 1. The van der Waals surface area contributed by atoms with Gasteiger partial charge in [0.25, 0.3) is 0 Å². The number of nitrogens with zero attached hydrogens (tertiary/aromatic N) is 1. The van der Waals surface area contributed by atoms with Crippen LogP contribution in [0.5, 0.6) is 5.75 Å². The fraction of sp³-hybridized carbons (Fsp3) is 0.0526. The van der Waals surface area contributed by atoms with Gasteiger partial charge in [-0.1, -0.05) is 42.5 Å². The molecule has 0 unspecified atom stereocenters. The molecule has 0 aliphatic carbocycles. The summed E-state index contributed by atoms with van der Waals surface area (Å²) in [6.45, 7) is 2.01. The van der Waals surface area contributed by atoms with Gasteiger partial charge < -0.3 is 5.11 Å². The Labute approximate surface area is 128 Å². The lowest BCUT2D eigenvalue weighted by atomic mass is 10.2. The highest BCUT2D eigenvalue weighted by Crippen LogP contribution is 2.31. The Kier molecular flexibility index (Phi) is 2.79. The van der Waals surface area contributed by atoms with Crippen molar-refractivity contribution in [3.05, 3.63) is 72.3 Å². The van der Waals surface area contributed by atoms with Crippen molar-refractivity contribution in [3.8, 4) is 5.75 Å². The molecular weight excluding hydrogens is 272 g/mol. The van der Waals surface area contributed by atoms with Gasteiger partial charge in [0.1, 0.15) is 5.75 Å². The summed E-state index contributed by atoms with van der Waals surface area (Å²) in [6, 6.07) is 22.1. The van der Waals surface area contributed by atoms with Crippen LogP contribution in [0.2, 0.25) is 0 Å². The second-order valence-corrected chi connectivity index (χ2v) is 5.50. The van der Waals surface area contributed by atoms with E-state index in [1.54, 1.807) is 6.07 Å². The Hall–Kier alpha value is -2.94. The second-order valence-electron chi connectivity index (χ2n) is 5.50. The van der Waals surface area contributed by atoms with Crippen molar-refractivity contribution in [1.82, 2.24) is 4.68 Å². The van der Waals surface area contributed by atoms with Crippen LogP contribution in [0.25, 0.3) is 21.8 Å². The summed E-state index contributed by atoms with van der Waals surface area (Å²) < 4.78 is 2.03. The minimum atomic E-state index is 0.243. The molecule has 0 radical (unpaired) electrons. The van der Waals surface area contributed by atoms with Crippen molar-refractivity contribution >= 4 is 27.5 Å². The van der Waals surface area contributed by atoms with Crippen LogP contribution in [0.3, 0.4) is 0 Å². The predicted molar refractivity (Wildman–Crippen MR) is 91.3 cm³/mol. The lowest BCUT2D eigenvalue weighted by Gasteiger charge is -2.13. The van der Waals surface area contributed by atoms with Crippen molar-refractivity contribution in [3.63, 3.8) is 0 Å². The molecule has 4 rings (SSSR count). The summed E-state index contributed by atoms with van der Waals surface area (Å²) in [5, 5.41) is 12.5. The lowest BCUT2D eigenvalue weighted by molar-refractivity contribution is 0.476. The standard InChI is InChI=1S/C19H16N2O/c1-13-10-11-19(22)16(12-13)20-21-17-8-4-2-6-14(17)15-7-3-5-9-18(15)21/h2-12,20,22H,1H3. The van der Waals surface area contributed by atoms with Crippen molar-refractivity contribution < 1.29 is 5.11 Å². The average Bonchev–Trinajstić information content (AvgIpc) is 2.86. The van der Waals surface area contributed by atoms with Gasteiger partial charge in [0.2, 0.25) is 0 Å². The summed E-state index contributed by atoms with van der Waals surface area (Å²) in [4.78, 5) is 0. The molecular formula is C19H16N2O. The predicted octanol–water partition coefficient (Wildman–Crippen LogP) is 4.68. The van der Waals surface area contributed by atoms with Crippen molar-refractivity contribution in [2.75, 3.05) is 5.43 Å². The molecule has 0 bridgehead atoms. The van der Waals surface area contributed by atoms with E-state index >= 15 is 0 Å². The van der Waals surface area contributed by atoms with E-state index < -0.39 is 0 Å². The Morgan fingerprint density at radius 1 is 0.818 bits per heavy atom. The van der Waals surface area contributed by atoms with Gasteiger partial charge in [-0.15, -0.1) is 0 Å². The number of hydrogen-bond donors (Lipinski definition) is 2. The number of hydrogen-bond acceptors (Lipinski definition) is 2. The zero-order valence-electron chi connectivity index (χ0n) is 12.2. The molecule has 3 nitrogen and oxygen atoms in total. The zero-order chi connectivity index (χ0) is 15.1. The fourth-order valence-electron chi connectivity index (χ4n) is 2.90. The van der Waals surface area contributed by atoms with E-state index in [0.717, 1.165) is 16.6 Å². The molecule has 108 valence electrons. The smallest absolute Gasteiger partial charge is 0.140 e. The van der Waals surface area contributed by atoms with Gasteiger partial charge in [-0.2, -0.15) is 0 Å². The summed E-state index contributed by atoms with van der Waals surface area (Å²) >= 11 is 0. The minimum absolute atomic E-state index is 0.243. The molecule has 0 amide bonds. The number of nitrogens with one attached hydrogen (secondary N) is 1. The number of para-hydroxylation sites is 2. The van der Waals surface area contributed by atoms with Crippen molar-refractivity contribution in [2.24, 2.45) is 0 Å². The van der Waals surface area contributed by atoms with Gasteiger partial charge in [0.05, 0.1) is 16.7 Å². The SMILES string of the molecule is Cc1ccc(O)c(Nn2c3ccccc3c3ccccc32)c1. The van der Waals surface area contributed by atoms with E-state index in [0.29, 0.717) is 5.69 Å². The average molecular weight is 288 g/mol. The Balaban J connectivity index is 1.98. The largest absolute Gasteiger partial charge is 0.506 e. The molecule has 0 saturated heterocycles. The molecule has 0 spiro atoms. The Morgan fingerprint density at radius 2 is 1.41 bits per heavy atom. The van der Waals surface area contributed by atoms with E-state index in [9.17, 15) is 5.11 Å². The van der Waals surface area contributed by atoms with Crippen molar-refractivity contribution in [2.45, 2.75) is 6.92 Å². The number of anilines is 1. The first-order valence-electron chi connectivity index (χ1n) is 7.29. The summed E-state index contributed by atoms with van der Waals surface area (Å²) in [5.74, 6) is 0.243. The number of benzene rings is 3. The topological polar surface area (TPSA) is 37.2 Å². The van der Waals surface area contributed by atoms with Gasteiger partial charge in [-0.25, -0.2) is 0 Å². The first kappa shape index (κ1) is 12.8. The maximum absolute atomic E-state index is 10.1. The molecule has 0 fully saturated rings. The third-order valence-electron chi connectivity index (χ3n) is 3.96. The quantitative estimate of drug-likeness (QED) is 0.525. The molecule has 3 aromatic carbocycles. The molecule has 4 aromatic rings. The van der Waals surface area contributed by atoms with E-state index in [1.807, 2.05) is 48.0 Å². The molecule has 1 aromatic heterocycles. The third kappa shape index (κ3) is 1.91. The van der Waals surface area contributed by atoms with Gasteiger partial charge >= 0.3 is 0 Å². The van der Waals surface area contributed by atoms with E-state index in [4.69, 9.17) is 0 Å². The summed E-state index contributed by atoms with van der Waals surface area (Å²) in [5.41, 5.74) is 7.32. The van der Waals surface area contributed by atoms with Crippen molar-refractivity contribution in [1.29, 1.82) is 0 Å². The van der Waals surface area contributed by atoms with Gasteiger partial charge in [-0.05, 0) is 36.8 Å². The van der Waals surface area contributed by atoms with Gasteiger partial charge in [0.15, 0.2) is 0 Å². The highest BCUT2D eigenvalue weighted by molar-refractivity contribution is 6.08. The van der Waals surface area contributed by atoms with Crippen LogP contribution >= 0.6 is 0 Å². The fourth-order valence-corrected chi connectivity index (χ4v) is 2.90. The van der Waals surface area contributed by atoms with Crippen LogP contribution in [0.15, 0.2) is 66.7 Å².